The number of hydrogen-bond acceptors (Lipinski definition) is 5. The van der Waals surface area contributed by atoms with Gasteiger partial charge in [-0.25, -0.2) is 14.2 Å². The summed E-state index contributed by atoms with van der Waals surface area (Å²) in [5, 5.41) is 13.5. The van der Waals surface area contributed by atoms with Crippen LogP contribution in [-0.4, -0.2) is 39.6 Å². The van der Waals surface area contributed by atoms with Crippen LogP contribution in [0, 0.1) is 5.82 Å². The van der Waals surface area contributed by atoms with Gasteiger partial charge in [0.05, 0.1) is 18.6 Å². The van der Waals surface area contributed by atoms with Crippen LogP contribution in [-0.2, 0) is 0 Å². The van der Waals surface area contributed by atoms with E-state index in [4.69, 9.17) is 16.7 Å². The van der Waals surface area contributed by atoms with Crippen LogP contribution in [0.5, 0.6) is 0 Å². The van der Waals surface area contributed by atoms with Crippen LogP contribution >= 0.6 is 11.6 Å². The zero-order valence-electron chi connectivity index (χ0n) is 11.1. The molecule has 0 radical (unpaired) electrons. The second kappa shape index (κ2) is 7.16. The quantitative estimate of drug-likeness (QED) is 0.450. The maximum atomic E-state index is 13.6. The summed E-state index contributed by atoms with van der Waals surface area (Å²) < 4.78 is 13.6. The minimum absolute atomic E-state index is 0.00574. The molecule has 0 aliphatic heterocycles. The van der Waals surface area contributed by atoms with Gasteiger partial charge in [-0.15, -0.1) is 0 Å². The first-order valence-electron chi connectivity index (χ1n) is 6.50. The number of halogens is 2. The van der Waals surface area contributed by atoms with E-state index in [2.05, 4.69) is 25.6 Å². The summed E-state index contributed by atoms with van der Waals surface area (Å²) in [6.45, 7) is 0. The Morgan fingerprint density at radius 3 is 3.14 bits per heavy atom. The Morgan fingerprint density at radius 2 is 2.38 bits per heavy atom. The van der Waals surface area contributed by atoms with E-state index >= 15 is 0 Å². The van der Waals surface area contributed by atoms with Crippen LogP contribution in [0.1, 0.15) is 25.7 Å². The van der Waals surface area contributed by atoms with Gasteiger partial charge < -0.3 is 10.4 Å². The van der Waals surface area contributed by atoms with Crippen LogP contribution < -0.4 is 10.6 Å². The van der Waals surface area contributed by atoms with Crippen molar-refractivity contribution in [1.29, 1.82) is 0 Å². The van der Waals surface area contributed by atoms with E-state index in [1.165, 1.54) is 6.34 Å². The summed E-state index contributed by atoms with van der Waals surface area (Å²) in [6, 6.07) is -0.00494. The number of amides is 1. The van der Waals surface area contributed by atoms with Gasteiger partial charge in [0.2, 0.25) is 5.28 Å². The molecule has 1 aliphatic rings. The van der Waals surface area contributed by atoms with Crippen LogP contribution in [0.3, 0.4) is 0 Å². The van der Waals surface area contributed by atoms with Crippen molar-refractivity contribution in [2.24, 2.45) is 4.99 Å². The molecule has 9 heteroatoms. The molecule has 21 heavy (non-hydrogen) atoms. The first-order chi connectivity index (χ1) is 10.0. The normalized spacial score (nSPS) is 22.2. The van der Waals surface area contributed by atoms with Gasteiger partial charge in [-0.1, -0.05) is 0 Å². The second-order valence-electron chi connectivity index (χ2n) is 4.72. The first kappa shape index (κ1) is 15.4. The molecule has 114 valence electrons. The van der Waals surface area contributed by atoms with Gasteiger partial charge >= 0.3 is 6.09 Å². The molecule has 0 spiro atoms. The number of nitrogens with one attached hydrogen (secondary N) is 2. The molecule has 0 saturated heterocycles. The molecular formula is C12H15ClFN5O2. The SMILES string of the molecule is O=C(O)NC=N[C@@H]1CCC[C@H](Nc2nc(Cl)ncc2F)C1. The average molecular weight is 316 g/mol. The molecule has 7 nitrogen and oxygen atoms in total. The van der Waals surface area contributed by atoms with Gasteiger partial charge in [0.15, 0.2) is 11.6 Å². The molecule has 0 unspecified atom stereocenters. The number of aromatic nitrogens is 2. The Labute approximate surface area is 125 Å². The molecule has 1 heterocycles. The second-order valence-corrected chi connectivity index (χ2v) is 5.06. The Bertz CT molecular complexity index is 542. The summed E-state index contributed by atoms with van der Waals surface area (Å²) in [4.78, 5) is 21.9. The lowest BCUT2D eigenvalue weighted by molar-refractivity contribution is 0.200. The standard InChI is InChI=1S/C12H15ClFN5O2/c13-11-15-5-9(14)10(19-11)18-8-3-1-2-7(4-8)16-6-17-12(20)21/h5-8H,1-4H2,(H,16,17)(H,20,21)(H,15,18,19)/t7-,8+/m1/s1. The summed E-state index contributed by atoms with van der Waals surface area (Å²) >= 11 is 5.65. The third-order valence-corrected chi connectivity index (χ3v) is 3.36. The molecule has 1 aromatic rings. The number of aliphatic imine (C=N–C) groups is 1. The number of rotatable bonds is 4. The smallest absolute Gasteiger partial charge is 0.409 e. The molecule has 0 aromatic carbocycles. The number of carboxylic acid groups (broad SMARTS) is 1. The van der Waals surface area contributed by atoms with Crippen LogP contribution in [0.15, 0.2) is 11.2 Å². The van der Waals surface area contributed by atoms with Gasteiger partial charge in [-0.2, -0.15) is 4.98 Å². The zero-order valence-corrected chi connectivity index (χ0v) is 11.8. The van der Waals surface area contributed by atoms with E-state index in [1.54, 1.807) is 0 Å². The van der Waals surface area contributed by atoms with E-state index < -0.39 is 11.9 Å². The van der Waals surface area contributed by atoms with Crippen molar-refractivity contribution in [1.82, 2.24) is 15.3 Å². The third-order valence-electron chi connectivity index (χ3n) is 3.18. The summed E-state index contributed by atoms with van der Waals surface area (Å²) in [5.74, 6) is -0.481. The molecule has 2 atom stereocenters. The van der Waals surface area contributed by atoms with Crippen molar-refractivity contribution in [3.8, 4) is 0 Å². The van der Waals surface area contributed by atoms with Crippen molar-refractivity contribution >= 4 is 29.9 Å². The minimum Gasteiger partial charge on any atom is -0.465 e. The Balaban J connectivity index is 1.93. The van der Waals surface area contributed by atoms with E-state index in [1.807, 2.05) is 0 Å². The van der Waals surface area contributed by atoms with Gasteiger partial charge in [-0.05, 0) is 37.3 Å². The summed E-state index contributed by atoms with van der Waals surface area (Å²) in [6.07, 6.45) is 4.35. The fourth-order valence-corrected chi connectivity index (χ4v) is 2.40. The number of anilines is 1. The van der Waals surface area contributed by atoms with Crippen LogP contribution in [0.4, 0.5) is 15.0 Å². The van der Waals surface area contributed by atoms with E-state index in [-0.39, 0.29) is 23.2 Å². The van der Waals surface area contributed by atoms with Gasteiger partial charge in [-0.3, -0.25) is 10.3 Å². The molecular weight excluding hydrogens is 301 g/mol. The van der Waals surface area contributed by atoms with Gasteiger partial charge in [0, 0.05) is 6.04 Å². The zero-order chi connectivity index (χ0) is 15.2. The minimum atomic E-state index is -1.15. The Morgan fingerprint density at radius 1 is 1.57 bits per heavy atom. The topological polar surface area (TPSA) is 99.5 Å². The molecule has 3 N–H and O–H groups in total. The molecule has 1 aromatic heterocycles. The Kier molecular flexibility index (Phi) is 5.26. The highest BCUT2D eigenvalue weighted by atomic mass is 35.5. The number of nitrogens with zero attached hydrogens (tertiary/aromatic N) is 3. The van der Waals surface area contributed by atoms with Gasteiger partial charge in [0.25, 0.3) is 0 Å². The van der Waals surface area contributed by atoms with Crippen molar-refractivity contribution in [3.63, 3.8) is 0 Å². The molecule has 1 saturated carbocycles. The van der Waals surface area contributed by atoms with Crippen molar-refractivity contribution in [3.05, 3.63) is 17.3 Å². The van der Waals surface area contributed by atoms with Crippen LogP contribution in [0.2, 0.25) is 5.28 Å². The van der Waals surface area contributed by atoms with E-state index in [0.29, 0.717) is 6.42 Å². The lowest BCUT2D eigenvalue weighted by Gasteiger charge is -2.27. The molecule has 1 amide bonds. The molecule has 2 rings (SSSR count). The maximum absolute atomic E-state index is 13.6. The van der Waals surface area contributed by atoms with Crippen LogP contribution in [0.25, 0.3) is 0 Å². The fourth-order valence-electron chi connectivity index (χ4n) is 2.27. The van der Waals surface area contributed by atoms with Gasteiger partial charge in [0.1, 0.15) is 0 Å². The monoisotopic (exact) mass is 315 g/mol. The van der Waals surface area contributed by atoms with E-state index in [9.17, 15) is 9.18 Å². The average Bonchev–Trinajstić information content (AvgIpc) is 2.43. The highest BCUT2D eigenvalue weighted by Gasteiger charge is 2.22. The van der Waals surface area contributed by atoms with Crippen molar-refractivity contribution in [2.75, 3.05) is 5.32 Å². The molecule has 1 aliphatic carbocycles. The first-order valence-corrected chi connectivity index (χ1v) is 6.88. The highest BCUT2D eigenvalue weighted by Crippen LogP contribution is 2.24. The maximum Gasteiger partial charge on any atom is 0.409 e. The fraction of sp³-hybridized carbons (Fsp3) is 0.500. The highest BCUT2D eigenvalue weighted by molar-refractivity contribution is 6.28. The predicted molar refractivity (Wildman–Crippen MR) is 76.3 cm³/mol. The van der Waals surface area contributed by atoms with E-state index in [0.717, 1.165) is 25.5 Å². The molecule has 1 fully saturated rings. The lowest BCUT2D eigenvalue weighted by atomic mass is 9.91. The molecule has 0 bridgehead atoms. The third kappa shape index (κ3) is 4.82. The lowest BCUT2D eigenvalue weighted by Crippen LogP contribution is -2.31. The Hall–Kier alpha value is -1.96. The van der Waals surface area contributed by atoms with Crippen molar-refractivity contribution < 1.29 is 14.3 Å². The largest absolute Gasteiger partial charge is 0.465 e. The van der Waals surface area contributed by atoms with Crippen molar-refractivity contribution in [2.45, 2.75) is 37.8 Å². The summed E-state index contributed by atoms with van der Waals surface area (Å²) in [5.41, 5.74) is 0. The predicted octanol–water partition coefficient (Wildman–Crippen LogP) is 2.29. The number of carbonyl (C=O) groups is 1. The number of hydrogen-bond donors (Lipinski definition) is 3. The summed E-state index contributed by atoms with van der Waals surface area (Å²) in [7, 11) is 0.